The van der Waals surface area contributed by atoms with Gasteiger partial charge in [0.15, 0.2) is 18.2 Å². The van der Waals surface area contributed by atoms with Crippen LogP contribution in [0.4, 0.5) is 17.1 Å². The van der Waals surface area contributed by atoms with Crippen LogP contribution in [0.25, 0.3) is 0 Å². The minimum atomic E-state index is -5.13. The first-order valence-electron chi connectivity index (χ1n) is 12.6. The molecule has 0 spiro atoms. The number of pyridine rings is 1. The molecule has 1 amide bonds. The Balaban J connectivity index is 1.72. The number of carbonyl (C=O) groups is 1. The highest BCUT2D eigenvalue weighted by Crippen LogP contribution is 2.49. The van der Waals surface area contributed by atoms with Crippen LogP contribution in [0.2, 0.25) is 0 Å². The fraction of sp³-hybridized carbons (Fsp3) is 0.480. The quantitative estimate of drug-likeness (QED) is 0.171. The molecule has 0 bridgehead atoms. The molecule has 1 aromatic carbocycles. The highest BCUT2D eigenvalue weighted by Gasteiger charge is 2.41. The number of nitrogens with zero attached hydrogens (tertiary/aromatic N) is 4. The van der Waals surface area contributed by atoms with Gasteiger partial charge in [-0.25, -0.2) is 4.98 Å². The van der Waals surface area contributed by atoms with E-state index in [1.807, 2.05) is 20.2 Å². The minimum Gasteiger partial charge on any atom is -0.756 e. The van der Waals surface area contributed by atoms with Crippen molar-refractivity contribution in [3.8, 4) is 5.75 Å². The third-order valence-corrected chi connectivity index (χ3v) is 7.59. The molecule has 2 atom stereocenters. The Morgan fingerprint density at radius 1 is 1.27 bits per heavy atom. The number of anilines is 3. The number of hydrogen-bond acceptors (Lipinski definition) is 11. The molecule has 40 heavy (non-hydrogen) atoms. The molecule has 14 nitrogen and oxygen atoms in total. The minimum absolute atomic E-state index is 0.0512. The first-order valence-corrected chi connectivity index (χ1v) is 14.1. The van der Waals surface area contributed by atoms with Crippen molar-refractivity contribution >= 4 is 30.8 Å². The zero-order chi connectivity index (χ0) is 29.4. The van der Waals surface area contributed by atoms with E-state index in [1.165, 1.54) is 31.3 Å². The average molecular weight is 576 g/mol. The van der Waals surface area contributed by atoms with Gasteiger partial charge in [-0.1, -0.05) is 19.8 Å². The fourth-order valence-corrected chi connectivity index (χ4v) is 5.28. The topological polar surface area (TPSA) is 188 Å². The highest BCUT2D eigenvalue weighted by atomic mass is 31.2. The van der Waals surface area contributed by atoms with E-state index in [-0.39, 0.29) is 40.0 Å². The number of aromatic nitrogens is 3. The van der Waals surface area contributed by atoms with Crippen LogP contribution in [0.5, 0.6) is 5.75 Å². The molecular formula is C25H32N6O8P-. The van der Waals surface area contributed by atoms with Crippen LogP contribution < -0.4 is 31.1 Å². The maximum absolute atomic E-state index is 12.8. The molecule has 1 aliphatic carbocycles. The maximum atomic E-state index is 12.8. The van der Waals surface area contributed by atoms with E-state index < -0.39 is 31.4 Å². The normalized spacial score (nSPS) is 16.9. The Bertz CT molecular complexity index is 1530. The van der Waals surface area contributed by atoms with Gasteiger partial charge in [0.25, 0.3) is 24.6 Å². The molecule has 0 saturated heterocycles. The first kappa shape index (κ1) is 29.4. The lowest BCUT2D eigenvalue weighted by atomic mass is 9.78. The van der Waals surface area contributed by atoms with Gasteiger partial charge in [0.2, 0.25) is 0 Å². The second-order valence-corrected chi connectivity index (χ2v) is 11.6. The fourth-order valence-electron chi connectivity index (χ4n) is 5.09. The molecule has 1 saturated carbocycles. The third kappa shape index (κ3) is 5.94. The molecule has 216 valence electrons. The maximum Gasteiger partial charge on any atom is 0.275 e. The van der Waals surface area contributed by atoms with Gasteiger partial charge in [0, 0.05) is 33.5 Å². The number of carbonyl (C=O) groups excluding carboxylic acids is 1. The van der Waals surface area contributed by atoms with E-state index in [0.717, 1.165) is 36.9 Å². The van der Waals surface area contributed by atoms with E-state index in [0.29, 0.717) is 0 Å². The van der Waals surface area contributed by atoms with Crippen molar-refractivity contribution in [3.05, 3.63) is 55.9 Å². The van der Waals surface area contributed by atoms with Crippen molar-refractivity contribution in [2.45, 2.75) is 45.6 Å². The average Bonchev–Trinajstić information content (AvgIpc) is 3.47. The number of phosphoric acid groups is 1. The van der Waals surface area contributed by atoms with Gasteiger partial charge < -0.3 is 30.1 Å². The molecule has 1 aliphatic rings. The van der Waals surface area contributed by atoms with Crippen molar-refractivity contribution < 1.29 is 28.4 Å². The van der Waals surface area contributed by atoms with Crippen molar-refractivity contribution in [3.63, 3.8) is 0 Å². The lowest BCUT2D eigenvalue weighted by Crippen LogP contribution is -2.40. The van der Waals surface area contributed by atoms with Gasteiger partial charge in [0.1, 0.15) is 11.4 Å². The summed E-state index contributed by atoms with van der Waals surface area (Å²) in [7, 11) is -0.353. The molecule has 2 aromatic heterocycles. The van der Waals surface area contributed by atoms with Crippen LogP contribution in [-0.4, -0.2) is 51.4 Å². The molecule has 3 N–H and O–H groups in total. The van der Waals surface area contributed by atoms with Crippen molar-refractivity contribution in [2.24, 2.45) is 12.5 Å². The molecule has 0 aliphatic heterocycles. The van der Waals surface area contributed by atoms with E-state index in [4.69, 9.17) is 9.63 Å². The summed E-state index contributed by atoms with van der Waals surface area (Å²) in [5.74, 6) is -0.829. The molecular weight excluding hydrogens is 543 g/mol. The van der Waals surface area contributed by atoms with Crippen molar-refractivity contribution in [2.75, 3.05) is 31.5 Å². The van der Waals surface area contributed by atoms with Gasteiger partial charge in [-0.05, 0) is 36.8 Å². The van der Waals surface area contributed by atoms with Crippen LogP contribution >= 0.6 is 7.82 Å². The molecule has 3 aromatic rings. The lowest BCUT2D eigenvalue weighted by Gasteiger charge is -2.35. The molecule has 1 fully saturated rings. The SMILES string of the molecule is Cc1cn(C)nc1[C@H](Nc1c(Nc2ccnc(C(=O)N(C)C)c2OCOP(=O)([O-])O)c(=O)c1=O)C1(C)CCCC1. The first-order chi connectivity index (χ1) is 18.7. The standard InChI is InChI=1S/C25H33N6O8P/c1-14-12-31(5)29-16(14)23(25(2)9-6-7-10-25)28-18-17(20(32)21(18)33)27-15-8-11-26-19(24(34)30(3)4)22(15)38-13-39-40(35,36)37/h8,11-12,23,28H,6-7,9-10,13H2,1-5H3,(H,26,27)(H2,35,36,37)/p-1/t23-/m0/s1. The Hall–Kier alpha value is -3.58. The number of rotatable bonds is 11. The van der Waals surface area contributed by atoms with Gasteiger partial charge in [-0.2, -0.15) is 5.10 Å². The predicted molar refractivity (Wildman–Crippen MR) is 144 cm³/mol. The summed E-state index contributed by atoms with van der Waals surface area (Å²) in [6, 6.07) is 1.03. The monoisotopic (exact) mass is 575 g/mol. The Morgan fingerprint density at radius 2 is 1.93 bits per heavy atom. The Labute approximate surface area is 230 Å². The number of nitrogens with one attached hydrogen (secondary N) is 2. The van der Waals surface area contributed by atoms with Gasteiger partial charge >= 0.3 is 0 Å². The Kier molecular flexibility index (Phi) is 8.18. The van der Waals surface area contributed by atoms with Crippen LogP contribution in [0, 0.1) is 12.3 Å². The molecule has 1 unspecified atom stereocenters. The third-order valence-electron chi connectivity index (χ3n) is 7.16. The van der Waals surface area contributed by atoms with E-state index in [9.17, 15) is 23.8 Å². The summed E-state index contributed by atoms with van der Waals surface area (Å²) in [4.78, 5) is 63.5. The van der Waals surface area contributed by atoms with Gasteiger partial charge in [0.05, 0.1) is 17.4 Å². The summed E-state index contributed by atoms with van der Waals surface area (Å²) in [5, 5.41) is 10.8. The predicted octanol–water partition coefficient (Wildman–Crippen LogP) is 1.71. The molecule has 2 heterocycles. The van der Waals surface area contributed by atoms with E-state index in [1.54, 1.807) is 4.68 Å². The Morgan fingerprint density at radius 3 is 2.50 bits per heavy atom. The van der Waals surface area contributed by atoms with Gasteiger partial charge in [-0.3, -0.25) is 28.2 Å². The van der Waals surface area contributed by atoms with Crippen LogP contribution in [0.15, 0.2) is 28.0 Å². The summed E-state index contributed by atoms with van der Waals surface area (Å²) in [6.07, 6.45) is 7.06. The zero-order valence-electron chi connectivity index (χ0n) is 22.9. The molecule has 0 radical (unpaired) electrons. The van der Waals surface area contributed by atoms with Crippen LogP contribution in [0.1, 0.15) is 60.4 Å². The highest BCUT2D eigenvalue weighted by molar-refractivity contribution is 7.44. The second kappa shape index (κ2) is 11.1. The van der Waals surface area contributed by atoms with Gasteiger partial charge in [-0.15, -0.1) is 0 Å². The largest absolute Gasteiger partial charge is 0.756 e. The number of aryl methyl sites for hydroxylation is 2. The number of hydrogen-bond donors (Lipinski definition) is 3. The van der Waals surface area contributed by atoms with Crippen molar-refractivity contribution in [1.82, 2.24) is 19.7 Å². The molecule has 15 heteroatoms. The summed E-state index contributed by atoms with van der Waals surface area (Å²) in [6.45, 7) is 3.10. The van der Waals surface area contributed by atoms with Crippen LogP contribution in [-0.2, 0) is 16.1 Å². The second-order valence-electron chi connectivity index (χ2n) is 10.4. The summed E-state index contributed by atoms with van der Waals surface area (Å²) < 4.78 is 22.4. The number of phosphoric ester groups is 1. The summed E-state index contributed by atoms with van der Waals surface area (Å²) in [5.41, 5.74) is -0.150. The van der Waals surface area contributed by atoms with E-state index in [2.05, 4.69) is 32.2 Å². The lowest BCUT2D eigenvalue weighted by molar-refractivity contribution is -0.224. The molecule has 4 rings (SSSR count). The van der Waals surface area contributed by atoms with E-state index >= 15 is 0 Å². The smallest absolute Gasteiger partial charge is 0.275 e. The summed E-state index contributed by atoms with van der Waals surface area (Å²) >= 11 is 0. The van der Waals surface area contributed by atoms with Crippen molar-refractivity contribution in [1.29, 1.82) is 0 Å². The van der Waals surface area contributed by atoms with Crippen LogP contribution in [0.3, 0.4) is 0 Å². The zero-order valence-corrected chi connectivity index (χ0v) is 23.8. The number of amides is 1. The number of ether oxygens (including phenoxy) is 1.